The highest BCUT2D eigenvalue weighted by molar-refractivity contribution is 7.89. The van der Waals surface area contributed by atoms with Crippen LogP contribution in [0.15, 0.2) is 41.3 Å². The summed E-state index contributed by atoms with van der Waals surface area (Å²) in [5, 5.41) is 2.88. The smallest absolute Gasteiger partial charge is 0.259 e. The van der Waals surface area contributed by atoms with Crippen molar-refractivity contribution < 1.29 is 27.1 Å². The number of hydrogen-bond acceptors (Lipinski definition) is 5. The van der Waals surface area contributed by atoms with E-state index in [1.54, 1.807) is 6.07 Å². The van der Waals surface area contributed by atoms with Gasteiger partial charge in [0.2, 0.25) is 10.0 Å². The lowest BCUT2D eigenvalue weighted by atomic mass is 10.2. The fourth-order valence-electron chi connectivity index (χ4n) is 2.76. The molecule has 1 saturated heterocycles. The molecular weight excluding hydrogens is 411 g/mol. The molecule has 0 unspecified atom stereocenters. The first-order valence-corrected chi connectivity index (χ1v) is 10.2. The van der Waals surface area contributed by atoms with Crippen LogP contribution in [0.4, 0.5) is 10.1 Å². The van der Waals surface area contributed by atoms with E-state index < -0.39 is 26.6 Å². The first-order valence-electron chi connectivity index (χ1n) is 8.35. The Morgan fingerprint density at radius 2 is 1.93 bits per heavy atom. The Balaban J connectivity index is 1.89. The molecular formula is C18H18ClFN2O5S. The molecule has 1 N–H and O–H groups in total. The van der Waals surface area contributed by atoms with E-state index in [2.05, 4.69) is 5.32 Å². The number of methoxy groups -OCH3 is 1. The van der Waals surface area contributed by atoms with Gasteiger partial charge in [-0.1, -0.05) is 11.6 Å². The number of nitrogens with one attached hydrogen (secondary N) is 1. The first kappa shape index (κ1) is 20.5. The summed E-state index contributed by atoms with van der Waals surface area (Å²) in [6.45, 7) is 0.758. The maximum Gasteiger partial charge on any atom is 0.259 e. The molecule has 28 heavy (non-hydrogen) atoms. The fourth-order valence-corrected chi connectivity index (χ4v) is 4.43. The molecule has 0 radical (unpaired) electrons. The van der Waals surface area contributed by atoms with Crippen LogP contribution in [-0.2, 0) is 14.8 Å². The standard InChI is InChI=1S/C18H18ClFN2O5S/c1-26-16-5-2-12(19)10-14(16)18(23)21-13-3-4-15(20)17(11-13)28(24,25)22-6-8-27-9-7-22/h2-5,10-11H,6-9H2,1H3,(H,21,23). The lowest BCUT2D eigenvalue weighted by molar-refractivity contribution is 0.0729. The third kappa shape index (κ3) is 4.27. The number of benzene rings is 2. The van der Waals surface area contributed by atoms with Gasteiger partial charge in [-0.2, -0.15) is 4.31 Å². The number of rotatable bonds is 5. The van der Waals surface area contributed by atoms with Gasteiger partial charge in [0.25, 0.3) is 5.91 Å². The molecule has 1 amide bonds. The minimum Gasteiger partial charge on any atom is -0.496 e. The van der Waals surface area contributed by atoms with Gasteiger partial charge in [0.15, 0.2) is 0 Å². The van der Waals surface area contributed by atoms with Gasteiger partial charge in [-0.25, -0.2) is 12.8 Å². The Labute approximate surface area is 167 Å². The molecule has 10 heteroatoms. The van der Waals surface area contributed by atoms with E-state index in [4.69, 9.17) is 21.1 Å². The Morgan fingerprint density at radius 3 is 2.61 bits per heavy atom. The maximum absolute atomic E-state index is 14.3. The van der Waals surface area contributed by atoms with E-state index in [0.29, 0.717) is 10.8 Å². The number of morpholine rings is 1. The molecule has 3 rings (SSSR count). The van der Waals surface area contributed by atoms with Crippen LogP contribution in [0.5, 0.6) is 5.75 Å². The SMILES string of the molecule is COc1ccc(Cl)cc1C(=O)Nc1ccc(F)c(S(=O)(=O)N2CCOCC2)c1. The Kier molecular flexibility index (Phi) is 6.19. The van der Waals surface area contributed by atoms with Crippen molar-refractivity contribution in [2.24, 2.45) is 0 Å². The average Bonchev–Trinajstić information content (AvgIpc) is 2.70. The fraction of sp³-hybridized carbons (Fsp3) is 0.278. The molecule has 0 bridgehead atoms. The molecule has 2 aromatic carbocycles. The summed E-state index contributed by atoms with van der Waals surface area (Å²) in [6, 6.07) is 7.90. The van der Waals surface area contributed by atoms with E-state index in [9.17, 15) is 17.6 Å². The number of sulfonamides is 1. The van der Waals surface area contributed by atoms with Crippen LogP contribution in [0.2, 0.25) is 5.02 Å². The molecule has 1 heterocycles. The van der Waals surface area contributed by atoms with Crippen molar-refractivity contribution in [2.45, 2.75) is 4.90 Å². The summed E-state index contributed by atoms with van der Waals surface area (Å²) < 4.78 is 51.2. The first-order chi connectivity index (χ1) is 13.3. The zero-order chi connectivity index (χ0) is 20.3. The lowest BCUT2D eigenvalue weighted by Crippen LogP contribution is -2.40. The highest BCUT2D eigenvalue weighted by Gasteiger charge is 2.29. The number of anilines is 1. The van der Waals surface area contributed by atoms with Crippen molar-refractivity contribution in [3.63, 3.8) is 0 Å². The summed E-state index contributed by atoms with van der Waals surface area (Å²) >= 11 is 5.93. The second-order valence-corrected chi connectivity index (χ2v) is 8.30. The Bertz CT molecular complexity index is 993. The van der Waals surface area contributed by atoms with E-state index in [1.807, 2.05) is 0 Å². The van der Waals surface area contributed by atoms with E-state index in [0.717, 1.165) is 16.4 Å². The highest BCUT2D eigenvalue weighted by atomic mass is 35.5. The van der Waals surface area contributed by atoms with Gasteiger partial charge in [-0.3, -0.25) is 4.79 Å². The Hall–Kier alpha value is -2.20. The number of ether oxygens (including phenoxy) is 2. The molecule has 7 nitrogen and oxygen atoms in total. The quantitative estimate of drug-likeness (QED) is 0.791. The minimum atomic E-state index is -4.05. The third-order valence-electron chi connectivity index (χ3n) is 4.18. The van der Waals surface area contributed by atoms with Gasteiger partial charge in [-0.15, -0.1) is 0 Å². The van der Waals surface area contributed by atoms with Crippen LogP contribution in [-0.4, -0.2) is 52.0 Å². The monoisotopic (exact) mass is 428 g/mol. The molecule has 0 aliphatic carbocycles. The number of nitrogens with zero attached hydrogens (tertiary/aromatic N) is 1. The lowest BCUT2D eigenvalue weighted by Gasteiger charge is -2.26. The van der Waals surface area contributed by atoms with E-state index in [-0.39, 0.29) is 37.6 Å². The van der Waals surface area contributed by atoms with E-state index >= 15 is 0 Å². The van der Waals surface area contributed by atoms with Gasteiger partial charge in [0.1, 0.15) is 16.5 Å². The molecule has 0 atom stereocenters. The van der Waals surface area contributed by atoms with Gasteiger partial charge >= 0.3 is 0 Å². The summed E-state index contributed by atoms with van der Waals surface area (Å²) in [5.74, 6) is -1.17. The zero-order valence-electron chi connectivity index (χ0n) is 14.9. The molecule has 0 saturated carbocycles. The molecule has 1 fully saturated rings. The van der Waals surface area contributed by atoms with Crippen LogP contribution in [0.25, 0.3) is 0 Å². The topological polar surface area (TPSA) is 84.9 Å². The van der Waals surface area contributed by atoms with Gasteiger partial charge < -0.3 is 14.8 Å². The van der Waals surface area contributed by atoms with Crippen molar-refractivity contribution in [3.8, 4) is 5.75 Å². The highest BCUT2D eigenvalue weighted by Crippen LogP contribution is 2.26. The second kappa shape index (κ2) is 8.44. The van der Waals surface area contributed by atoms with Crippen LogP contribution >= 0.6 is 11.6 Å². The van der Waals surface area contributed by atoms with Crippen LogP contribution in [0.3, 0.4) is 0 Å². The number of carbonyl (C=O) groups is 1. The number of halogens is 2. The molecule has 1 aliphatic rings. The third-order valence-corrected chi connectivity index (χ3v) is 6.33. The van der Waals surface area contributed by atoms with Crippen molar-refractivity contribution in [1.82, 2.24) is 4.31 Å². The predicted molar refractivity (Wildman–Crippen MR) is 102 cm³/mol. The molecule has 1 aliphatic heterocycles. The number of amides is 1. The molecule has 150 valence electrons. The van der Waals surface area contributed by atoms with Gasteiger partial charge in [-0.05, 0) is 36.4 Å². The van der Waals surface area contributed by atoms with Crippen LogP contribution in [0, 0.1) is 5.82 Å². The normalized spacial score (nSPS) is 15.2. The average molecular weight is 429 g/mol. The zero-order valence-corrected chi connectivity index (χ0v) is 16.5. The van der Waals surface area contributed by atoms with E-state index in [1.165, 1.54) is 25.3 Å². The summed E-state index contributed by atoms with van der Waals surface area (Å²) in [6.07, 6.45) is 0. The van der Waals surface area contributed by atoms with Crippen molar-refractivity contribution in [3.05, 3.63) is 52.8 Å². The predicted octanol–water partition coefficient (Wildman–Crippen LogP) is 2.76. The van der Waals surface area contributed by atoms with Gasteiger partial charge in [0.05, 0.1) is 25.9 Å². The number of hydrogen-bond donors (Lipinski definition) is 1. The largest absolute Gasteiger partial charge is 0.496 e. The van der Waals surface area contributed by atoms with Crippen LogP contribution < -0.4 is 10.1 Å². The summed E-state index contributed by atoms with van der Waals surface area (Å²) in [4.78, 5) is 12.1. The summed E-state index contributed by atoms with van der Waals surface area (Å²) in [5.41, 5.74) is 0.289. The van der Waals surface area contributed by atoms with Crippen molar-refractivity contribution >= 4 is 33.2 Å². The van der Waals surface area contributed by atoms with Crippen LogP contribution in [0.1, 0.15) is 10.4 Å². The number of carbonyl (C=O) groups excluding carboxylic acids is 1. The molecule has 0 spiro atoms. The Morgan fingerprint density at radius 1 is 1.21 bits per heavy atom. The second-order valence-electron chi connectivity index (χ2n) is 5.96. The maximum atomic E-state index is 14.3. The minimum absolute atomic E-state index is 0.125. The molecule has 2 aromatic rings. The van der Waals surface area contributed by atoms with Crippen molar-refractivity contribution in [2.75, 3.05) is 38.7 Å². The summed E-state index contributed by atoms with van der Waals surface area (Å²) in [7, 11) is -2.65. The van der Waals surface area contributed by atoms with Gasteiger partial charge in [0, 0.05) is 23.8 Å². The van der Waals surface area contributed by atoms with Crippen molar-refractivity contribution in [1.29, 1.82) is 0 Å². The molecule has 0 aromatic heterocycles.